The topological polar surface area (TPSA) is 86.1 Å². The number of para-hydroxylation sites is 1. The molecule has 1 aliphatic carbocycles. The minimum atomic E-state index is -0.996. The third kappa shape index (κ3) is 3.76. The highest BCUT2D eigenvalue weighted by Crippen LogP contribution is 2.43. The minimum Gasteiger partial charge on any atom is -0.504 e. The van der Waals surface area contributed by atoms with Crippen LogP contribution in [0.5, 0.6) is 11.5 Å². The maximum Gasteiger partial charge on any atom is 0.255 e. The molecule has 2 aliphatic rings. The molecule has 0 radical (unpaired) electrons. The Morgan fingerprint density at radius 3 is 2.74 bits per heavy atom. The first-order valence-electron chi connectivity index (χ1n) is 9.13. The Kier molecular flexibility index (Phi) is 4.75. The monoisotopic (exact) mass is 374 g/mol. The molecule has 2 fully saturated rings. The van der Waals surface area contributed by atoms with E-state index in [0.717, 1.165) is 12.2 Å². The van der Waals surface area contributed by atoms with Gasteiger partial charge < -0.3 is 20.1 Å². The number of fused-ring (bicyclic) bond motifs is 1. The number of ether oxygens (including phenoxy) is 1. The first kappa shape index (κ1) is 18.2. The standard InChI is InChI=1S/C20H23FN2O4/c21-19-17(24)7-6-16(22-19)18(25)11-23-10-13-8-15(9-20(13,26)12-23)27-14-4-2-1-3-5-14/h1-7,13,15,18,24-26H,8-12H2/t13-,15+,18-,20-/m1/s1. The first-order chi connectivity index (χ1) is 12.9. The molecular formula is C20H23FN2O4. The Labute approximate surface area is 156 Å². The molecule has 3 N–H and O–H groups in total. The van der Waals surface area contributed by atoms with Gasteiger partial charge in [0.2, 0.25) is 0 Å². The van der Waals surface area contributed by atoms with Gasteiger partial charge in [0.1, 0.15) is 18.0 Å². The van der Waals surface area contributed by atoms with Crippen LogP contribution in [0.1, 0.15) is 24.6 Å². The molecule has 1 aliphatic heterocycles. The zero-order valence-electron chi connectivity index (χ0n) is 14.8. The number of hydrogen-bond donors (Lipinski definition) is 3. The van der Waals surface area contributed by atoms with Gasteiger partial charge in [-0.1, -0.05) is 18.2 Å². The largest absolute Gasteiger partial charge is 0.504 e. The first-order valence-corrected chi connectivity index (χ1v) is 9.13. The fourth-order valence-corrected chi connectivity index (χ4v) is 4.27. The van der Waals surface area contributed by atoms with E-state index in [2.05, 4.69) is 4.98 Å². The van der Waals surface area contributed by atoms with Crippen molar-refractivity contribution >= 4 is 0 Å². The van der Waals surface area contributed by atoms with E-state index in [1.807, 2.05) is 35.2 Å². The summed E-state index contributed by atoms with van der Waals surface area (Å²) in [5.74, 6) is -0.661. The van der Waals surface area contributed by atoms with Gasteiger partial charge in [-0.25, -0.2) is 4.98 Å². The predicted molar refractivity (Wildman–Crippen MR) is 95.8 cm³/mol. The lowest BCUT2D eigenvalue weighted by Gasteiger charge is -2.24. The van der Waals surface area contributed by atoms with Gasteiger partial charge in [0, 0.05) is 32.0 Å². The van der Waals surface area contributed by atoms with E-state index in [0.29, 0.717) is 19.5 Å². The molecule has 1 saturated heterocycles. The lowest BCUT2D eigenvalue weighted by Crippen LogP contribution is -2.36. The number of benzene rings is 1. The summed E-state index contributed by atoms with van der Waals surface area (Å²) in [6.07, 6.45) is 0.288. The second-order valence-electron chi connectivity index (χ2n) is 7.55. The molecule has 0 bridgehead atoms. The Morgan fingerprint density at radius 1 is 1.26 bits per heavy atom. The number of aromatic hydroxyl groups is 1. The van der Waals surface area contributed by atoms with Crippen LogP contribution >= 0.6 is 0 Å². The van der Waals surface area contributed by atoms with E-state index >= 15 is 0 Å². The number of pyridine rings is 1. The summed E-state index contributed by atoms with van der Waals surface area (Å²) in [5.41, 5.74) is -0.674. The summed E-state index contributed by atoms with van der Waals surface area (Å²) < 4.78 is 19.4. The second kappa shape index (κ2) is 7.07. The van der Waals surface area contributed by atoms with Crippen molar-refractivity contribution in [1.82, 2.24) is 9.88 Å². The number of aliphatic hydroxyl groups is 2. The number of rotatable bonds is 5. The van der Waals surface area contributed by atoms with Crippen LogP contribution in [0.4, 0.5) is 4.39 Å². The van der Waals surface area contributed by atoms with E-state index in [1.165, 1.54) is 12.1 Å². The third-order valence-corrected chi connectivity index (χ3v) is 5.53. The molecule has 6 nitrogen and oxygen atoms in total. The molecule has 0 amide bonds. The normalized spacial score (nSPS) is 28.9. The van der Waals surface area contributed by atoms with Crippen LogP contribution in [0.3, 0.4) is 0 Å². The quantitative estimate of drug-likeness (QED) is 0.693. The molecule has 144 valence electrons. The molecule has 7 heteroatoms. The van der Waals surface area contributed by atoms with Crippen LogP contribution in [0.2, 0.25) is 0 Å². The number of halogens is 1. The van der Waals surface area contributed by atoms with Crippen LogP contribution in [0.15, 0.2) is 42.5 Å². The van der Waals surface area contributed by atoms with E-state index < -0.39 is 23.4 Å². The van der Waals surface area contributed by atoms with Gasteiger partial charge in [0.25, 0.3) is 5.95 Å². The Morgan fingerprint density at radius 2 is 2.04 bits per heavy atom. The molecule has 2 heterocycles. The predicted octanol–water partition coefficient (Wildman–Crippen LogP) is 1.86. The van der Waals surface area contributed by atoms with Crippen molar-refractivity contribution in [2.75, 3.05) is 19.6 Å². The Hall–Kier alpha value is -2.22. The highest BCUT2D eigenvalue weighted by molar-refractivity contribution is 5.23. The van der Waals surface area contributed by atoms with Crippen LogP contribution in [-0.4, -0.2) is 56.5 Å². The number of aliphatic hydroxyl groups excluding tert-OH is 1. The second-order valence-corrected chi connectivity index (χ2v) is 7.55. The average Bonchev–Trinajstić information content (AvgIpc) is 3.08. The average molecular weight is 374 g/mol. The molecule has 0 unspecified atom stereocenters. The van der Waals surface area contributed by atoms with Crippen molar-refractivity contribution in [3.05, 3.63) is 54.1 Å². The summed E-state index contributed by atoms with van der Waals surface area (Å²) in [4.78, 5) is 5.56. The van der Waals surface area contributed by atoms with E-state index in [-0.39, 0.29) is 24.3 Å². The van der Waals surface area contributed by atoms with Crippen molar-refractivity contribution in [3.8, 4) is 11.5 Å². The molecule has 4 atom stereocenters. The van der Waals surface area contributed by atoms with Crippen molar-refractivity contribution in [3.63, 3.8) is 0 Å². The lowest BCUT2D eigenvalue weighted by atomic mass is 9.95. The summed E-state index contributed by atoms with van der Waals surface area (Å²) >= 11 is 0. The van der Waals surface area contributed by atoms with E-state index in [4.69, 9.17) is 4.74 Å². The summed E-state index contributed by atoms with van der Waals surface area (Å²) in [5, 5.41) is 30.5. The number of hydrogen-bond acceptors (Lipinski definition) is 6. The number of aromatic nitrogens is 1. The van der Waals surface area contributed by atoms with Crippen LogP contribution < -0.4 is 4.74 Å². The summed E-state index contributed by atoms with van der Waals surface area (Å²) in [6, 6.07) is 12.2. The molecule has 1 saturated carbocycles. The number of β-amino-alcohol motifs (C(OH)–C–C–N with tert-alkyl or cyclic N) is 2. The smallest absolute Gasteiger partial charge is 0.255 e. The van der Waals surface area contributed by atoms with Crippen molar-refractivity contribution < 1.29 is 24.4 Å². The van der Waals surface area contributed by atoms with E-state index in [9.17, 15) is 19.7 Å². The summed E-state index contributed by atoms with van der Waals surface area (Å²) in [6.45, 7) is 1.33. The number of likely N-dealkylation sites (tertiary alicyclic amines) is 1. The van der Waals surface area contributed by atoms with Gasteiger partial charge in [-0.3, -0.25) is 4.90 Å². The van der Waals surface area contributed by atoms with Gasteiger partial charge >= 0.3 is 0 Å². The number of nitrogens with zero attached hydrogens (tertiary/aromatic N) is 2. The molecule has 4 rings (SSSR count). The molecule has 1 aromatic carbocycles. The van der Waals surface area contributed by atoms with E-state index in [1.54, 1.807) is 0 Å². The Bertz CT molecular complexity index is 806. The zero-order chi connectivity index (χ0) is 19.0. The molecule has 0 spiro atoms. The van der Waals surface area contributed by atoms with Crippen LogP contribution in [0.25, 0.3) is 0 Å². The van der Waals surface area contributed by atoms with Gasteiger partial charge in [-0.2, -0.15) is 4.39 Å². The van der Waals surface area contributed by atoms with Crippen LogP contribution in [-0.2, 0) is 0 Å². The van der Waals surface area contributed by atoms with Crippen molar-refractivity contribution in [1.29, 1.82) is 0 Å². The fraction of sp³-hybridized carbons (Fsp3) is 0.450. The third-order valence-electron chi connectivity index (χ3n) is 5.53. The van der Waals surface area contributed by atoms with Gasteiger partial charge in [0.15, 0.2) is 5.75 Å². The SMILES string of the molecule is Oc1ccc([C@H](O)CN2C[C@H]3C[C@H](Oc4ccccc4)C[C@@]3(O)C2)nc1F. The van der Waals surface area contributed by atoms with Gasteiger partial charge in [-0.15, -0.1) is 0 Å². The molecule has 2 aromatic rings. The maximum atomic E-state index is 13.4. The van der Waals surface area contributed by atoms with Crippen LogP contribution in [0, 0.1) is 11.9 Å². The van der Waals surface area contributed by atoms with Crippen molar-refractivity contribution in [2.45, 2.75) is 30.7 Å². The molecule has 27 heavy (non-hydrogen) atoms. The maximum absolute atomic E-state index is 13.4. The fourth-order valence-electron chi connectivity index (χ4n) is 4.27. The van der Waals surface area contributed by atoms with Crippen molar-refractivity contribution in [2.24, 2.45) is 5.92 Å². The lowest BCUT2D eigenvalue weighted by molar-refractivity contribution is 0.0176. The summed E-state index contributed by atoms with van der Waals surface area (Å²) in [7, 11) is 0. The molecule has 1 aromatic heterocycles. The highest BCUT2D eigenvalue weighted by atomic mass is 19.1. The minimum absolute atomic E-state index is 0.0256. The Balaban J connectivity index is 1.35. The zero-order valence-corrected chi connectivity index (χ0v) is 14.8. The molecular weight excluding hydrogens is 351 g/mol. The highest BCUT2D eigenvalue weighted by Gasteiger charge is 2.52. The van der Waals surface area contributed by atoms with Gasteiger partial charge in [0.05, 0.1) is 11.3 Å². The van der Waals surface area contributed by atoms with Gasteiger partial charge in [-0.05, 0) is 30.7 Å².